The molecule has 0 fully saturated rings. The van der Waals surface area contributed by atoms with Crippen molar-refractivity contribution in [1.29, 1.82) is 0 Å². The van der Waals surface area contributed by atoms with Crippen molar-refractivity contribution in [2.45, 2.75) is 12.5 Å². The normalized spacial score (nSPS) is 12.1. The number of alkyl halides is 6. The van der Waals surface area contributed by atoms with E-state index in [0.717, 1.165) is 30.3 Å². The first-order chi connectivity index (χ1) is 10.6. The number of carbonyl (C=O) groups excluding carboxylic acids is 1. The Morgan fingerprint density at radius 3 is 2.00 bits per heavy atom. The second kappa shape index (κ2) is 5.90. The Labute approximate surface area is 125 Å². The molecule has 0 saturated heterocycles. The summed E-state index contributed by atoms with van der Waals surface area (Å²) in [6.45, 7) is 0. The van der Waals surface area contributed by atoms with Gasteiger partial charge < -0.3 is 4.74 Å². The molecule has 0 amide bonds. The minimum atomic E-state index is -4.88. The van der Waals surface area contributed by atoms with Crippen LogP contribution in [0.25, 0.3) is 11.3 Å². The lowest BCUT2D eigenvalue weighted by Crippen LogP contribution is -2.17. The van der Waals surface area contributed by atoms with Crippen LogP contribution in [0.2, 0.25) is 0 Å². The smallest absolute Gasteiger partial charge is 0.406 e. The number of carbonyl (C=O) groups is 1. The summed E-state index contributed by atoms with van der Waals surface area (Å²) in [5, 5.41) is 0. The van der Waals surface area contributed by atoms with Crippen molar-refractivity contribution in [3.63, 3.8) is 0 Å². The third-order valence-electron chi connectivity index (χ3n) is 2.71. The molecular formula is C14H7F6NO2. The number of hydrogen-bond donors (Lipinski definition) is 0. The Morgan fingerprint density at radius 1 is 0.913 bits per heavy atom. The van der Waals surface area contributed by atoms with Crippen molar-refractivity contribution in [2.75, 3.05) is 0 Å². The number of ether oxygens (including phenoxy) is 1. The molecule has 1 aromatic carbocycles. The van der Waals surface area contributed by atoms with Gasteiger partial charge in [-0.05, 0) is 36.4 Å². The maximum Gasteiger partial charge on any atom is 0.573 e. The number of pyridine rings is 1. The van der Waals surface area contributed by atoms with E-state index in [-0.39, 0.29) is 16.8 Å². The van der Waals surface area contributed by atoms with Crippen LogP contribution in [-0.4, -0.2) is 17.6 Å². The molecule has 122 valence electrons. The molecule has 0 spiro atoms. The highest BCUT2D eigenvalue weighted by Crippen LogP contribution is 2.32. The minimum absolute atomic E-state index is 0.0488. The Balaban J connectivity index is 2.42. The summed E-state index contributed by atoms with van der Waals surface area (Å²) in [4.78, 5) is 14.3. The zero-order valence-electron chi connectivity index (χ0n) is 11.1. The van der Waals surface area contributed by atoms with Gasteiger partial charge in [-0.3, -0.25) is 4.79 Å². The Kier molecular flexibility index (Phi) is 4.31. The molecule has 0 aliphatic heterocycles. The summed E-state index contributed by atoms with van der Waals surface area (Å²) in [6, 6.07) is 5.58. The van der Waals surface area contributed by atoms with Crippen molar-refractivity contribution in [1.82, 2.24) is 4.98 Å². The highest BCUT2D eigenvalue weighted by molar-refractivity contribution is 5.85. The molecule has 1 aromatic heterocycles. The second-order valence-electron chi connectivity index (χ2n) is 4.32. The average Bonchev–Trinajstić information content (AvgIpc) is 2.45. The lowest BCUT2D eigenvalue weighted by Gasteiger charge is -2.11. The van der Waals surface area contributed by atoms with Gasteiger partial charge in [0.1, 0.15) is 11.4 Å². The molecule has 0 atom stereocenters. The number of aldehydes is 1. The summed E-state index contributed by atoms with van der Waals surface area (Å²) in [7, 11) is 0. The summed E-state index contributed by atoms with van der Waals surface area (Å²) in [6.07, 6.45) is -9.29. The quantitative estimate of drug-likeness (QED) is 0.613. The summed E-state index contributed by atoms with van der Waals surface area (Å²) in [5.74, 6) is -0.541. The molecule has 0 bridgehead atoms. The van der Waals surface area contributed by atoms with Crippen LogP contribution < -0.4 is 4.74 Å². The number of nitrogens with zero attached hydrogens (tertiary/aromatic N) is 1. The number of hydrogen-bond acceptors (Lipinski definition) is 3. The lowest BCUT2D eigenvalue weighted by molar-refractivity contribution is -0.274. The molecular weight excluding hydrogens is 328 g/mol. The van der Waals surface area contributed by atoms with Crippen molar-refractivity contribution in [2.24, 2.45) is 0 Å². The molecule has 0 aliphatic carbocycles. The minimum Gasteiger partial charge on any atom is -0.406 e. The SMILES string of the molecule is O=Cc1ccc(C(F)(F)F)nc1-c1ccc(OC(F)(F)F)cc1. The van der Waals surface area contributed by atoms with Crippen LogP contribution in [0.4, 0.5) is 26.3 Å². The fourth-order valence-corrected chi connectivity index (χ4v) is 1.77. The van der Waals surface area contributed by atoms with E-state index in [1.807, 2.05) is 0 Å². The maximum atomic E-state index is 12.7. The first kappa shape index (κ1) is 16.8. The van der Waals surface area contributed by atoms with Crippen molar-refractivity contribution in [3.8, 4) is 17.0 Å². The summed E-state index contributed by atoms with van der Waals surface area (Å²) < 4.78 is 77.9. The van der Waals surface area contributed by atoms with Crippen molar-refractivity contribution >= 4 is 6.29 Å². The van der Waals surface area contributed by atoms with Gasteiger partial charge in [-0.15, -0.1) is 13.2 Å². The Hall–Kier alpha value is -2.58. The van der Waals surface area contributed by atoms with E-state index in [9.17, 15) is 31.1 Å². The standard InChI is InChI=1S/C14H7F6NO2/c15-13(16,17)11-6-3-9(7-22)12(21-11)8-1-4-10(5-2-8)23-14(18,19)20/h1-7H. The molecule has 0 radical (unpaired) electrons. The zero-order chi connectivity index (χ0) is 17.3. The Morgan fingerprint density at radius 2 is 1.52 bits per heavy atom. The highest BCUT2D eigenvalue weighted by atomic mass is 19.4. The first-order valence-corrected chi connectivity index (χ1v) is 6.00. The molecule has 23 heavy (non-hydrogen) atoms. The number of aromatic nitrogens is 1. The van der Waals surface area contributed by atoms with E-state index in [0.29, 0.717) is 12.4 Å². The van der Waals surface area contributed by atoms with E-state index in [1.54, 1.807) is 0 Å². The highest BCUT2D eigenvalue weighted by Gasteiger charge is 2.33. The fraction of sp³-hybridized carbons (Fsp3) is 0.143. The van der Waals surface area contributed by atoms with E-state index in [1.165, 1.54) is 0 Å². The third-order valence-corrected chi connectivity index (χ3v) is 2.71. The van der Waals surface area contributed by atoms with Crippen LogP contribution >= 0.6 is 0 Å². The maximum absolute atomic E-state index is 12.7. The van der Waals surface area contributed by atoms with Gasteiger partial charge in [0.25, 0.3) is 0 Å². The van der Waals surface area contributed by atoms with Crippen LogP contribution in [0.15, 0.2) is 36.4 Å². The molecule has 2 aromatic rings. The van der Waals surface area contributed by atoms with Gasteiger partial charge in [0.2, 0.25) is 0 Å². The summed E-state index contributed by atoms with van der Waals surface area (Å²) >= 11 is 0. The van der Waals surface area contributed by atoms with Gasteiger partial charge in [-0.2, -0.15) is 13.2 Å². The van der Waals surface area contributed by atoms with Crippen LogP contribution in [0.5, 0.6) is 5.75 Å². The van der Waals surface area contributed by atoms with Crippen LogP contribution in [0, 0.1) is 0 Å². The van der Waals surface area contributed by atoms with Gasteiger partial charge in [0, 0.05) is 11.1 Å². The van der Waals surface area contributed by atoms with Crippen molar-refractivity contribution in [3.05, 3.63) is 47.7 Å². The predicted molar refractivity (Wildman–Crippen MR) is 66.7 cm³/mol. The van der Waals surface area contributed by atoms with Crippen LogP contribution in [0.1, 0.15) is 16.1 Å². The molecule has 9 heteroatoms. The number of rotatable bonds is 3. The van der Waals surface area contributed by atoms with Gasteiger partial charge in [-0.25, -0.2) is 4.98 Å². The van der Waals surface area contributed by atoms with E-state index < -0.39 is 24.0 Å². The van der Waals surface area contributed by atoms with Gasteiger partial charge in [-0.1, -0.05) is 0 Å². The van der Waals surface area contributed by atoms with Gasteiger partial charge >= 0.3 is 12.5 Å². The van der Waals surface area contributed by atoms with Gasteiger partial charge in [0.15, 0.2) is 6.29 Å². The first-order valence-electron chi connectivity index (χ1n) is 6.00. The molecule has 2 rings (SSSR count). The molecule has 3 nitrogen and oxygen atoms in total. The summed E-state index contributed by atoms with van der Waals surface area (Å²) in [5.41, 5.74) is -1.57. The molecule has 0 saturated carbocycles. The lowest BCUT2D eigenvalue weighted by atomic mass is 10.1. The van der Waals surface area contributed by atoms with E-state index in [2.05, 4.69) is 9.72 Å². The largest absolute Gasteiger partial charge is 0.573 e. The second-order valence-corrected chi connectivity index (χ2v) is 4.32. The zero-order valence-corrected chi connectivity index (χ0v) is 11.1. The van der Waals surface area contributed by atoms with E-state index >= 15 is 0 Å². The molecule has 0 unspecified atom stereocenters. The number of benzene rings is 1. The third kappa shape index (κ3) is 4.21. The van der Waals surface area contributed by atoms with Crippen LogP contribution in [-0.2, 0) is 6.18 Å². The van der Waals surface area contributed by atoms with Crippen LogP contribution in [0.3, 0.4) is 0 Å². The monoisotopic (exact) mass is 335 g/mol. The fourth-order valence-electron chi connectivity index (χ4n) is 1.77. The van der Waals surface area contributed by atoms with E-state index in [4.69, 9.17) is 0 Å². The topological polar surface area (TPSA) is 39.2 Å². The Bertz CT molecular complexity index is 707. The molecule has 0 N–H and O–H groups in total. The predicted octanol–water partition coefficient (Wildman–Crippen LogP) is 4.48. The number of halogens is 6. The van der Waals surface area contributed by atoms with Gasteiger partial charge in [0.05, 0.1) is 5.69 Å². The molecule has 1 heterocycles. The average molecular weight is 335 g/mol. The molecule has 0 aliphatic rings. The van der Waals surface area contributed by atoms with Crippen molar-refractivity contribution < 1.29 is 35.9 Å².